The zero-order valence-corrected chi connectivity index (χ0v) is 16.5. The van der Waals surface area contributed by atoms with Crippen molar-refractivity contribution in [3.8, 4) is 11.3 Å². The van der Waals surface area contributed by atoms with Crippen molar-refractivity contribution in [2.75, 3.05) is 7.05 Å². The molecule has 1 N–H and O–H groups in total. The van der Waals surface area contributed by atoms with Crippen LogP contribution in [0.25, 0.3) is 11.3 Å². The van der Waals surface area contributed by atoms with Crippen LogP contribution in [0, 0.1) is 11.8 Å². The number of halogens is 2. The Bertz CT molecular complexity index is 1250. The first-order valence-corrected chi connectivity index (χ1v) is 9.79. The number of hydrogen-bond acceptors (Lipinski definition) is 6. The summed E-state index contributed by atoms with van der Waals surface area (Å²) in [7, 11) is -3.45. The molecule has 0 saturated carbocycles. The lowest BCUT2D eigenvalue weighted by Gasteiger charge is -2.11. The van der Waals surface area contributed by atoms with E-state index in [4.69, 9.17) is 9.52 Å². The summed E-state index contributed by atoms with van der Waals surface area (Å²) in [5, 5.41) is 8.35. The number of ketones is 1. The van der Waals surface area contributed by atoms with Crippen molar-refractivity contribution in [2.45, 2.75) is 18.6 Å². The minimum atomic E-state index is -4.61. The van der Waals surface area contributed by atoms with Crippen molar-refractivity contribution >= 4 is 21.9 Å². The highest BCUT2D eigenvalue weighted by Crippen LogP contribution is 2.32. The molecule has 3 rings (SSSR count). The van der Waals surface area contributed by atoms with Crippen LogP contribution in [0.4, 0.5) is 13.6 Å². The minimum Gasteiger partial charge on any atom is -0.465 e. The average Bonchev–Trinajstić information content (AvgIpc) is 3.29. The Morgan fingerprint density at radius 3 is 2.53 bits per heavy atom. The second-order valence-electron chi connectivity index (χ2n) is 6.27. The van der Waals surface area contributed by atoms with Crippen LogP contribution in [0.2, 0.25) is 0 Å². The van der Waals surface area contributed by atoms with Crippen molar-refractivity contribution < 1.29 is 36.3 Å². The Morgan fingerprint density at radius 1 is 1.27 bits per heavy atom. The monoisotopic (exact) mass is 439 g/mol. The molecular formula is C18H15F2N3O6S. The summed E-state index contributed by atoms with van der Waals surface area (Å²) in [6.45, 7) is 0.663. The fraction of sp³-hybridized carbons (Fsp3) is 0.167. The first-order chi connectivity index (χ1) is 14.0. The highest BCUT2D eigenvalue weighted by molar-refractivity contribution is 7.89. The van der Waals surface area contributed by atoms with Crippen LogP contribution < -0.4 is 0 Å². The molecule has 0 saturated heterocycles. The van der Waals surface area contributed by atoms with E-state index in [1.807, 2.05) is 0 Å². The number of hydrogen-bond donors (Lipinski definition) is 1. The van der Waals surface area contributed by atoms with Crippen molar-refractivity contribution in [3.63, 3.8) is 0 Å². The summed E-state index contributed by atoms with van der Waals surface area (Å²) in [4.78, 5) is 26.6. The summed E-state index contributed by atoms with van der Waals surface area (Å²) in [5.74, 6) is -3.04. The minimum absolute atomic E-state index is 0.235. The zero-order valence-electron chi connectivity index (χ0n) is 15.7. The number of aromatic nitrogens is 2. The molecule has 3 aromatic heterocycles. The standard InChI is InChI=1S/C18H15F2N3O6S/c1-10(24)13-5-6-14(29-13)30(27,28)23-9-11(8-22(2)18(25)26)15(19)16(23)12-4-3-7-21-17(12)20/h3-7,9H,8H2,1-2H3,(H,25,26). The third kappa shape index (κ3) is 3.68. The van der Waals surface area contributed by atoms with Crippen LogP contribution in [0.5, 0.6) is 0 Å². The van der Waals surface area contributed by atoms with E-state index in [1.165, 1.54) is 13.0 Å². The molecule has 3 heterocycles. The molecule has 158 valence electrons. The van der Waals surface area contributed by atoms with Crippen molar-refractivity contribution in [1.82, 2.24) is 13.9 Å². The topological polar surface area (TPSA) is 123 Å². The van der Waals surface area contributed by atoms with Gasteiger partial charge in [-0.1, -0.05) is 0 Å². The van der Waals surface area contributed by atoms with Gasteiger partial charge in [0.05, 0.1) is 12.1 Å². The van der Waals surface area contributed by atoms with E-state index in [9.17, 15) is 22.4 Å². The number of carboxylic acid groups (broad SMARTS) is 1. The second-order valence-corrected chi connectivity index (χ2v) is 8.02. The quantitative estimate of drug-likeness (QED) is 0.463. The maximum Gasteiger partial charge on any atom is 0.407 e. The number of furan rings is 1. The third-order valence-corrected chi connectivity index (χ3v) is 5.71. The van der Waals surface area contributed by atoms with Gasteiger partial charge in [-0.15, -0.1) is 0 Å². The molecule has 0 radical (unpaired) electrons. The number of nitrogens with zero attached hydrogens (tertiary/aromatic N) is 3. The molecule has 0 atom stereocenters. The maximum absolute atomic E-state index is 15.2. The highest BCUT2D eigenvalue weighted by Gasteiger charge is 2.31. The third-order valence-electron chi connectivity index (χ3n) is 4.17. The molecule has 0 bridgehead atoms. The molecule has 9 nitrogen and oxygen atoms in total. The van der Waals surface area contributed by atoms with E-state index in [0.29, 0.717) is 3.97 Å². The molecule has 30 heavy (non-hydrogen) atoms. The average molecular weight is 439 g/mol. The van der Waals surface area contributed by atoms with E-state index in [2.05, 4.69) is 4.98 Å². The highest BCUT2D eigenvalue weighted by atomic mass is 32.2. The van der Waals surface area contributed by atoms with Crippen LogP contribution in [-0.4, -0.2) is 46.3 Å². The van der Waals surface area contributed by atoms with Gasteiger partial charge in [0.25, 0.3) is 0 Å². The molecule has 0 fully saturated rings. The van der Waals surface area contributed by atoms with Gasteiger partial charge in [-0.25, -0.2) is 18.1 Å². The van der Waals surface area contributed by atoms with Crippen LogP contribution in [0.1, 0.15) is 23.0 Å². The molecule has 0 aliphatic carbocycles. The predicted molar refractivity (Wildman–Crippen MR) is 98.4 cm³/mol. The summed E-state index contributed by atoms with van der Waals surface area (Å²) in [5.41, 5.74) is -1.46. The normalized spacial score (nSPS) is 11.5. The Labute approximate surface area is 169 Å². The number of rotatable bonds is 6. The number of carbonyl (C=O) groups excluding carboxylic acids is 1. The number of amides is 1. The van der Waals surface area contributed by atoms with E-state index in [-0.39, 0.29) is 11.3 Å². The molecule has 3 aromatic rings. The molecule has 12 heteroatoms. The lowest BCUT2D eigenvalue weighted by atomic mass is 10.2. The van der Waals surface area contributed by atoms with Crippen molar-refractivity contribution in [3.05, 3.63) is 59.7 Å². The van der Waals surface area contributed by atoms with Gasteiger partial charge < -0.3 is 14.4 Å². The van der Waals surface area contributed by atoms with Gasteiger partial charge in [0, 0.05) is 31.9 Å². The summed E-state index contributed by atoms with van der Waals surface area (Å²) in [6.07, 6.45) is 0.557. The molecule has 1 amide bonds. The number of carbonyl (C=O) groups is 2. The maximum atomic E-state index is 15.2. The summed E-state index contributed by atoms with van der Waals surface area (Å²) >= 11 is 0. The molecule has 0 aromatic carbocycles. The van der Waals surface area contributed by atoms with Crippen LogP contribution in [0.15, 0.2) is 46.2 Å². The number of pyridine rings is 1. The van der Waals surface area contributed by atoms with Crippen molar-refractivity contribution in [2.24, 2.45) is 0 Å². The van der Waals surface area contributed by atoms with Gasteiger partial charge in [0.15, 0.2) is 17.4 Å². The summed E-state index contributed by atoms with van der Waals surface area (Å²) < 4.78 is 61.1. The molecule has 0 unspecified atom stereocenters. The molecular weight excluding hydrogens is 424 g/mol. The fourth-order valence-corrected chi connectivity index (χ4v) is 3.99. The Balaban J connectivity index is 2.25. The van der Waals surface area contributed by atoms with E-state index in [0.717, 1.165) is 42.5 Å². The SMILES string of the molecule is CC(=O)c1ccc(S(=O)(=O)n2cc(CN(C)C(=O)O)c(F)c2-c2cccnc2F)o1. The predicted octanol–water partition coefficient (Wildman–Crippen LogP) is 2.97. The van der Waals surface area contributed by atoms with Crippen molar-refractivity contribution in [1.29, 1.82) is 0 Å². The van der Waals surface area contributed by atoms with Gasteiger partial charge in [-0.3, -0.25) is 4.79 Å². The Kier molecular flexibility index (Phi) is 5.44. The Morgan fingerprint density at radius 2 is 1.97 bits per heavy atom. The first kappa shape index (κ1) is 21.2. The van der Waals surface area contributed by atoms with E-state index < -0.39 is 56.6 Å². The Hall–Kier alpha value is -3.54. The van der Waals surface area contributed by atoms with Crippen LogP contribution >= 0.6 is 0 Å². The summed E-state index contributed by atoms with van der Waals surface area (Å²) in [6, 6.07) is 4.56. The van der Waals surface area contributed by atoms with Gasteiger partial charge in [-0.05, 0) is 24.3 Å². The van der Waals surface area contributed by atoms with Crippen LogP contribution in [0.3, 0.4) is 0 Å². The van der Waals surface area contributed by atoms with E-state index in [1.54, 1.807) is 0 Å². The van der Waals surface area contributed by atoms with Gasteiger partial charge in [0.1, 0.15) is 5.69 Å². The first-order valence-electron chi connectivity index (χ1n) is 8.35. The van der Waals surface area contributed by atoms with E-state index >= 15 is 4.39 Å². The fourth-order valence-electron chi connectivity index (χ4n) is 2.68. The van der Waals surface area contributed by atoms with Gasteiger partial charge in [-0.2, -0.15) is 12.8 Å². The van der Waals surface area contributed by atoms with Gasteiger partial charge in [0.2, 0.25) is 11.0 Å². The molecule has 0 aliphatic heterocycles. The number of Topliss-reactive ketones (excluding diaryl/α,β-unsaturated/α-hetero) is 1. The largest absolute Gasteiger partial charge is 0.465 e. The molecule has 0 spiro atoms. The smallest absolute Gasteiger partial charge is 0.407 e. The second kappa shape index (κ2) is 7.71. The molecule has 0 aliphatic rings. The lowest BCUT2D eigenvalue weighted by Crippen LogP contribution is -2.24. The lowest BCUT2D eigenvalue weighted by molar-refractivity contribution is 0.0982. The van der Waals surface area contributed by atoms with Crippen LogP contribution in [-0.2, 0) is 16.6 Å². The zero-order chi connectivity index (χ0) is 22.2. The van der Waals surface area contributed by atoms with Gasteiger partial charge >= 0.3 is 16.1 Å².